The second-order valence-corrected chi connectivity index (χ2v) is 10.7. The second kappa shape index (κ2) is 12.4. The second-order valence-electron chi connectivity index (χ2n) is 9.86. The van der Waals surface area contributed by atoms with Gasteiger partial charge in [-0.1, -0.05) is 43.9 Å². The van der Waals surface area contributed by atoms with Crippen LogP contribution in [0.3, 0.4) is 0 Å². The van der Waals surface area contributed by atoms with E-state index in [0.717, 1.165) is 32.0 Å². The number of aliphatic carboxylic acids is 1. The summed E-state index contributed by atoms with van der Waals surface area (Å²) in [7, 11) is 0. The van der Waals surface area contributed by atoms with Gasteiger partial charge in [-0.2, -0.15) is 0 Å². The van der Waals surface area contributed by atoms with Crippen molar-refractivity contribution >= 4 is 39.6 Å². The molecule has 3 aromatic carbocycles. The molecule has 1 amide bonds. The van der Waals surface area contributed by atoms with Crippen molar-refractivity contribution in [2.45, 2.75) is 26.3 Å². The zero-order valence-electron chi connectivity index (χ0n) is 21.9. The van der Waals surface area contributed by atoms with E-state index in [-0.39, 0.29) is 12.3 Å². The highest BCUT2D eigenvalue weighted by Gasteiger charge is 2.36. The SMILES string of the molecule is CC(C)CC(C(=O)O)N(N1CCN(c2ccc(C#Cc3ccc4cccc(C(N)=O)c4c3)cc2)CC1)S(=O)O. The number of hydrazine groups is 1. The van der Waals surface area contributed by atoms with Gasteiger partial charge in [0.25, 0.3) is 0 Å². The number of carboxylic acids is 1. The number of primary amides is 1. The van der Waals surface area contributed by atoms with Crippen molar-refractivity contribution in [3.63, 3.8) is 0 Å². The Morgan fingerprint density at radius 3 is 2.23 bits per heavy atom. The molecule has 0 aliphatic carbocycles. The number of piperazine rings is 1. The fourth-order valence-corrected chi connectivity index (χ4v) is 5.51. The van der Waals surface area contributed by atoms with E-state index in [9.17, 15) is 23.5 Å². The van der Waals surface area contributed by atoms with Crippen molar-refractivity contribution < 1.29 is 23.5 Å². The molecule has 10 heteroatoms. The van der Waals surface area contributed by atoms with E-state index in [4.69, 9.17) is 5.73 Å². The van der Waals surface area contributed by atoms with E-state index >= 15 is 0 Å². The van der Waals surface area contributed by atoms with E-state index in [2.05, 4.69) is 16.7 Å². The Labute approximate surface area is 230 Å². The monoisotopic (exact) mass is 548 g/mol. The predicted molar refractivity (Wildman–Crippen MR) is 152 cm³/mol. The maximum atomic E-state index is 12.1. The normalized spacial score (nSPS) is 15.7. The zero-order valence-corrected chi connectivity index (χ0v) is 22.7. The number of nitrogens with zero attached hydrogens (tertiary/aromatic N) is 3. The molecule has 204 valence electrons. The number of carboxylic acid groups (broad SMARTS) is 1. The van der Waals surface area contributed by atoms with Crippen LogP contribution in [0.1, 0.15) is 41.8 Å². The van der Waals surface area contributed by atoms with Gasteiger partial charge < -0.3 is 15.7 Å². The molecular formula is C29H32N4O5S. The Balaban J connectivity index is 1.43. The van der Waals surface area contributed by atoms with Crippen LogP contribution >= 0.6 is 0 Å². The standard InChI is InChI=1S/C29H32N4O5S/c1-20(2)18-27(29(35)36)33(39(37)38)32-16-14-31(15-17-32)24-12-9-21(10-13-24)6-7-22-8-11-23-4-3-5-25(28(30)34)26(23)19-22/h3-5,8-13,19-20,27H,14-18H2,1-2H3,(H2,30,34)(H,35,36)(H,37,38). The summed E-state index contributed by atoms with van der Waals surface area (Å²) in [6, 6.07) is 17.9. The van der Waals surface area contributed by atoms with E-state index in [1.165, 1.54) is 0 Å². The number of hydrogen-bond acceptors (Lipinski definition) is 5. The molecule has 4 rings (SSSR count). The number of benzene rings is 3. The fraction of sp³-hybridized carbons (Fsp3) is 0.310. The Morgan fingerprint density at radius 1 is 1.00 bits per heavy atom. The van der Waals surface area contributed by atoms with Crippen LogP contribution in [0.2, 0.25) is 0 Å². The molecule has 2 unspecified atom stereocenters. The van der Waals surface area contributed by atoms with Crippen molar-refractivity contribution in [1.29, 1.82) is 0 Å². The molecule has 1 fully saturated rings. The molecule has 0 spiro atoms. The van der Waals surface area contributed by atoms with Gasteiger partial charge in [0.2, 0.25) is 17.2 Å². The molecule has 39 heavy (non-hydrogen) atoms. The predicted octanol–water partition coefficient (Wildman–Crippen LogP) is 3.31. The minimum absolute atomic E-state index is 0.0638. The lowest BCUT2D eigenvalue weighted by Gasteiger charge is -2.42. The van der Waals surface area contributed by atoms with Gasteiger partial charge in [-0.15, -0.1) is 4.41 Å². The highest BCUT2D eigenvalue weighted by molar-refractivity contribution is 7.76. The summed E-state index contributed by atoms with van der Waals surface area (Å²) in [4.78, 5) is 25.8. The molecule has 9 nitrogen and oxygen atoms in total. The molecule has 3 aromatic rings. The molecular weight excluding hydrogens is 516 g/mol. The molecule has 1 aliphatic rings. The van der Waals surface area contributed by atoms with Gasteiger partial charge in [-0.25, -0.2) is 9.22 Å². The lowest BCUT2D eigenvalue weighted by molar-refractivity contribution is -0.147. The molecule has 1 heterocycles. The van der Waals surface area contributed by atoms with Crippen LogP contribution in [0.25, 0.3) is 10.8 Å². The molecule has 0 radical (unpaired) electrons. The first-order chi connectivity index (χ1) is 18.6. The highest BCUT2D eigenvalue weighted by atomic mass is 32.2. The molecule has 0 aromatic heterocycles. The van der Waals surface area contributed by atoms with Gasteiger partial charge >= 0.3 is 5.97 Å². The molecule has 0 bridgehead atoms. The number of nitrogens with two attached hydrogens (primary N) is 1. The summed E-state index contributed by atoms with van der Waals surface area (Å²) in [6.07, 6.45) is 0.274. The largest absolute Gasteiger partial charge is 0.480 e. The van der Waals surface area contributed by atoms with Gasteiger partial charge in [-0.3, -0.25) is 14.1 Å². The van der Waals surface area contributed by atoms with Crippen LogP contribution in [-0.4, -0.2) is 67.4 Å². The van der Waals surface area contributed by atoms with Gasteiger partial charge in [0.1, 0.15) is 6.04 Å². The Kier molecular flexibility index (Phi) is 8.99. The summed E-state index contributed by atoms with van der Waals surface area (Å²) < 4.78 is 23.0. The van der Waals surface area contributed by atoms with Crippen LogP contribution in [-0.2, 0) is 16.1 Å². The summed E-state index contributed by atoms with van der Waals surface area (Å²) in [6.45, 7) is 5.78. The molecule has 0 saturated carbocycles. The average Bonchev–Trinajstić information content (AvgIpc) is 2.91. The van der Waals surface area contributed by atoms with E-state index < -0.39 is 29.2 Å². The third-order valence-corrected chi connectivity index (χ3v) is 7.48. The van der Waals surface area contributed by atoms with Crippen molar-refractivity contribution in [3.8, 4) is 11.8 Å². The van der Waals surface area contributed by atoms with Crippen LogP contribution in [0.5, 0.6) is 0 Å². The first-order valence-corrected chi connectivity index (χ1v) is 13.8. The first-order valence-electron chi connectivity index (χ1n) is 12.7. The zero-order chi connectivity index (χ0) is 28.1. The number of rotatable bonds is 8. The summed E-state index contributed by atoms with van der Waals surface area (Å²) in [5.41, 5.74) is 8.58. The number of anilines is 1. The van der Waals surface area contributed by atoms with Gasteiger partial charge in [0, 0.05) is 48.6 Å². The van der Waals surface area contributed by atoms with Crippen LogP contribution in [0, 0.1) is 17.8 Å². The highest BCUT2D eigenvalue weighted by Crippen LogP contribution is 2.22. The summed E-state index contributed by atoms with van der Waals surface area (Å²) >= 11 is -2.44. The smallest absolute Gasteiger partial charge is 0.323 e. The van der Waals surface area contributed by atoms with Crippen molar-refractivity contribution in [2.24, 2.45) is 11.7 Å². The van der Waals surface area contributed by atoms with Crippen molar-refractivity contribution in [1.82, 2.24) is 9.42 Å². The quantitative estimate of drug-likeness (QED) is 0.291. The number of carbonyl (C=O) groups is 2. The minimum Gasteiger partial charge on any atom is -0.480 e. The Hall–Kier alpha value is -3.75. The first kappa shape index (κ1) is 28.3. The number of carbonyl (C=O) groups excluding carboxylic acids is 1. The number of amides is 1. The maximum absolute atomic E-state index is 12.1. The summed E-state index contributed by atoms with van der Waals surface area (Å²) in [5, 5.41) is 13.0. The van der Waals surface area contributed by atoms with Crippen LogP contribution < -0.4 is 10.6 Å². The van der Waals surface area contributed by atoms with E-state index in [1.807, 2.05) is 62.4 Å². The Bertz CT molecular complexity index is 1440. The minimum atomic E-state index is -2.44. The summed E-state index contributed by atoms with van der Waals surface area (Å²) in [5.74, 6) is 4.79. The van der Waals surface area contributed by atoms with Gasteiger partial charge in [-0.05, 0) is 65.6 Å². The third kappa shape index (κ3) is 6.82. The fourth-order valence-electron chi connectivity index (χ4n) is 4.75. The molecule has 1 aliphatic heterocycles. The number of hydrogen-bond donors (Lipinski definition) is 3. The Morgan fingerprint density at radius 2 is 1.64 bits per heavy atom. The average molecular weight is 549 g/mol. The topological polar surface area (TPSA) is 127 Å². The van der Waals surface area contributed by atoms with Crippen LogP contribution in [0.15, 0.2) is 60.7 Å². The maximum Gasteiger partial charge on any atom is 0.323 e. The lowest BCUT2D eigenvalue weighted by atomic mass is 10.0. The van der Waals surface area contributed by atoms with Crippen LogP contribution in [0.4, 0.5) is 5.69 Å². The third-order valence-electron chi connectivity index (χ3n) is 6.67. The van der Waals surface area contributed by atoms with Crippen molar-refractivity contribution in [2.75, 3.05) is 31.1 Å². The van der Waals surface area contributed by atoms with Gasteiger partial charge in [0.05, 0.1) is 0 Å². The van der Waals surface area contributed by atoms with Crippen molar-refractivity contribution in [3.05, 3.63) is 77.4 Å². The van der Waals surface area contributed by atoms with Gasteiger partial charge in [0.15, 0.2) is 0 Å². The molecule has 1 saturated heterocycles. The molecule has 2 atom stereocenters. The van der Waals surface area contributed by atoms with E-state index in [0.29, 0.717) is 31.7 Å². The molecule has 4 N–H and O–H groups in total. The number of fused-ring (bicyclic) bond motifs is 1. The van der Waals surface area contributed by atoms with E-state index in [1.54, 1.807) is 17.1 Å². The lowest BCUT2D eigenvalue weighted by Crippen LogP contribution is -2.59.